The summed E-state index contributed by atoms with van der Waals surface area (Å²) < 4.78 is 23.2. The predicted molar refractivity (Wildman–Crippen MR) is 106 cm³/mol. The van der Waals surface area contributed by atoms with Gasteiger partial charge in [0.2, 0.25) is 17.7 Å². The molecule has 170 valence electrons. The van der Waals surface area contributed by atoms with Crippen LogP contribution in [0, 0.1) is 17.7 Å². The average Bonchev–Trinajstić information content (AvgIpc) is 2.71. The van der Waals surface area contributed by atoms with Crippen molar-refractivity contribution < 1.29 is 37.8 Å². The van der Waals surface area contributed by atoms with E-state index in [0.717, 1.165) is 14.2 Å². The minimum absolute atomic E-state index is 0.155. The summed E-state index contributed by atoms with van der Waals surface area (Å²) >= 11 is 0. The fraction of sp³-hybridized carbons (Fsp3) is 0.450. The molecule has 0 saturated heterocycles. The fourth-order valence-corrected chi connectivity index (χ4v) is 3.03. The number of methoxy groups -OCH3 is 2. The Labute approximate surface area is 178 Å². The third kappa shape index (κ3) is 7.05. The highest BCUT2D eigenvalue weighted by atomic mass is 19.1. The number of amides is 3. The van der Waals surface area contributed by atoms with Crippen LogP contribution < -0.4 is 16.4 Å². The van der Waals surface area contributed by atoms with Crippen LogP contribution >= 0.6 is 0 Å². The van der Waals surface area contributed by atoms with Crippen molar-refractivity contribution in [2.24, 2.45) is 17.6 Å². The SMILES string of the molecule is COC(=O)C(C(=O)OC)[C@H](C)[C@@H](NC(=O)[C@@H](Cc1ccccc1F)NC(C)=O)C(N)=O. The van der Waals surface area contributed by atoms with Crippen LogP contribution in [-0.4, -0.2) is 56.0 Å². The number of benzene rings is 1. The van der Waals surface area contributed by atoms with Crippen LogP contribution in [0.5, 0.6) is 0 Å². The number of esters is 2. The molecule has 1 aromatic carbocycles. The molecular formula is C20H26FN3O7. The molecule has 0 radical (unpaired) electrons. The molecule has 0 aliphatic heterocycles. The Morgan fingerprint density at radius 3 is 2.03 bits per heavy atom. The summed E-state index contributed by atoms with van der Waals surface area (Å²) in [5.74, 6) is -7.70. The standard InChI is InChI=1S/C20H26FN3O7/c1-10(15(19(28)30-3)20(29)31-4)16(17(22)26)24-18(27)14(23-11(2)25)9-12-7-5-6-8-13(12)21/h5-8,10,14-16H,9H2,1-4H3,(H2,22,26)(H,23,25)(H,24,27)/t10-,14+,16+/m0/s1. The molecule has 0 heterocycles. The van der Waals surface area contributed by atoms with Crippen LogP contribution in [0.25, 0.3) is 0 Å². The Kier molecular flexibility index (Phi) is 9.58. The van der Waals surface area contributed by atoms with Gasteiger partial charge in [-0.1, -0.05) is 25.1 Å². The largest absolute Gasteiger partial charge is 0.468 e. The molecule has 0 unspecified atom stereocenters. The fourth-order valence-electron chi connectivity index (χ4n) is 3.03. The average molecular weight is 439 g/mol. The molecule has 11 heteroatoms. The van der Waals surface area contributed by atoms with Gasteiger partial charge in [-0.15, -0.1) is 0 Å². The molecular weight excluding hydrogens is 413 g/mol. The summed E-state index contributed by atoms with van der Waals surface area (Å²) in [7, 11) is 2.09. The van der Waals surface area contributed by atoms with Gasteiger partial charge in [0, 0.05) is 19.3 Å². The number of hydrogen-bond donors (Lipinski definition) is 3. The normalized spacial score (nSPS) is 13.5. The van der Waals surface area contributed by atoms with Gasteiger partial charge in [0.25, 0.3) is 0 Å². The maximum absolute atomic E-state index is 14.0. The lowest BCUT2D eigenvalue weighted by Crippen LogP contribution is -2.57. The number of hydrogen-bond acceptors (Lipinski definition) is 7. The number of halogens is 1. The van der Waals surface area contributed by atoms with Gasteiger partial charge in [-0.05, 0) is 11.6 Å². The lowest BCUT2D eigenvalue weighted by atomic mass is 9.86. The molecule has 0 saturated carbocycles. The summed E-state index contributed by atoms with van der Waals surface area (Å²) in [6, 6.07) is 2.93. The van der Waals surface area contributed by atoms with E-state index in [4.69, 9.17) is 5.73 Å². The van der Waals surface area contributed by atoms with E-state index in [0.29, 0.717) is 0 Å². The third-order valence-corrected chi connectivity index (χ3v) is 4.64. The molecule has 1 rings (SSSR count). The summed E-state index contributed by atoms with van der Waals surface area (Å²) in [5.41, 5.74) is 5.53. The third-order valence-electron chi connectivity index (χ3n) is 4.64. The molecule has 3 amide bonds. The van der Waals surface area contributed by atoms with E-state index in [1.54, 1.807) is 6.07 Å². The second kappa shape index (κ2) is 11.6. The Morgan fingerprint density at radius 1 is 1.03 bits per heavy atom. The van der Waals surface area contributed by atoms with Gasteiger partial charge in [0.15, 0.2) is 5.92 Å². The van der Waals surface area contributed by atoms with Crippen LogP contribution in [0.2, 0.25) is 0 Å². The molecule has 0 aliphatic carbocycles. The maximum atomic E-state index is 14.0. The van der Waals surface area contributed by atoms with E-state index < -0.39 is 59.4 Å². The highest BCUT2D eigenvalue weighted by Crippen LogP contribution is 2.20. The number of nitrogens with one attached hydrogen (secondary N) is 2. The van der Waals surface area contributed by atoms with Gasteiger partial charge < -0.3 is 25.8 Å². The molecule has 1 aromatic rings. The lowest BCUT2D eigenvalue weighted by Gasteiger charge is -2.28. The minimum atomic E-state index is -1.54. The molecule has 0 fully saturated rings. The number of ether oxygens (including phenoxy) is 2. The second-order valence-corrected chi connectivity index (χ2v) is 6.82. The van der Waals surface area contributed by atoms with Crippen molar-refractivity contribution in [1.82, 2.24) is 10.6 Å². The second-order valence-electron chi connectivity index (χ2n) is 6.82. The van der Waals surface area contributed by atoms with Crippen molar-refractivity contribution in [3.05, 3.63) is 35.6 Å². The van der Waals surface area contributed by atoms with Crippen molar-refractivity contribution >= 4 is 29.7 Å². The summed E-state index contributed by atoms with van der Waals surface area (Å²) in [5, 5.41) is 4.72. The van der Waals surface area contributed by atoms with Crippen LogP contribution in [0.3, 0.4) is 0 Å². The van der Waals surface area contributed by atoms with Crippen molar-refractivity contribution in [3.63, 3.8) is 0 Å². The first-order chi connectivity index (χ1) is 14.5. The maximum Gasteiger partial charge on any atom is 0.320 e. The molecule has 31 heavy (non-hydrogen) atoms. The van der Waals surface area contributed by atoms with Crippen molar-refractivity contribution in [2.75, 3.05) is 14.2 Å². The van der Waals surface area contributed by atoms with Crippen molar-refractivity contribution in [1.29, 1.82) is 0 Å². The van der Waals surface area contributed by atoms with Crippen LogP contribution in [0.15, 0.2) is 24.3 Å². The number of carbonyl (C=O) groups excluding carboxylic acids is 5. The van der Waals surface area contributed by atoms with Gasteiger partial charge in [-0.25, -0.2) is 4.39 Å². The van der Waals surface area contributed by atoms with Crippen molar-refractivity contribution in [2.45, 2.75) is 32.4 Å². The first-order valence-corrected chi connectivity index (χ1v) is 9.29. The Balaban J connectivity index is 3.16. The first kappa shape index (κ1) is 25.5. The molecule has 0 aromatic heterocycles. The molecule has 0 bridgehead atoms. The zero-order valence-corrected chi connectivity index (χ0v) is 17.6. The number of nitrogens with two attached hydrogens (primary N) is 1. The van der Waals surface area contributed by atoms with E-state index >= 15 is 0 Å². The van der Waals surface area contributed by atoms with Gasteiger partial charge >= 0.3 is 11.9 Å². The molecule has 3 atom stereocenters. The monoisotopic (exact) mass is 439 g/mol. The highest BCUT2D eigenvalue weighted by Gasteiger charge is 2.42. The molecule has 10 nitrogen and oxygen atoms in total. The van der Waals surface area contributed by atoms with Crippen LogP contribution in [-0.2, 0) is 39.9 Å². The Bertz CT molecular complexity index is 830. The highest BCUT2D eigenvalue weighted by molar-refractivity contribution is 5.97. The van der Waals surface area contributed by atoms with E-state index in [1.165, 1.54) is 32.0 Å². The Morgan fingerprint density at radius 2 is 1.58 bits per heavy atom. The first-order valence-electron chi connectivity index (χ1n) is 9.29. The van der Waals surface area contributed by atoms with Crippen molar-refractivity contribution in [3.8, 4) is 0 Å². The van der Waals surface area contributed by atoms with Crippen LogP contribution in [0.4, 0.5) is 4.39 Å². The summed E-state index contributed by atoms with van der Waals surface area (Å²) in [6.07, 6.45) is -0.213. The van der Waals surface area contributed by atoms with Crippen LogP contribution in [0.1, 0.15) is 19.4 Å². The Hall–Kier alpha value is -3.50. The van der Waals surface area contributed by atoms with Gasteiger partial charge in [-0.3, -0.25) is 24.0 Å². The number of carbonyl (C=O) groups is 5. The van der Waals surface area contributed by atoms with Gasteiger partial charge in [-0.2, -0.15) is 0 Å². The zero-order valence-electron chi connectivity index (χ0n) is 17.6. The lowest BCUT2D eigenvalue weighted by molar-refractivity contribution is -0.162. The van der Waals surface area contributed by atoms with Gasteiger partial charge in [0.1, 0.15) is 17.9 Å². The molecule has 4 N–H and O–H groups in total. The predicted octanol–water partition coefficient (Wildman–Crippen LogP) is -0.559. The van der Waals surface area contributed by atoms with E-state index in [2.05, 4.69) is 20.1 Å². The quantitative estimate of drug-likeness (QED) is 0.326. The summed E-state index contributed by atoms with van der Waals surface area (Å²) in [4.78, 5) is 60.5. The summed E-state index contributed by atoms with van der Waals surface area (Å²) in [6.45, 7) is 2.50. The zero-order chi connectivity index (χ0) is 23.7. The van der Waals surface area contributed by atoms with Gasteiger partial charge in [0.05, 0.1) is 14.2 Å². The number of primary amides is 1. The minimum Gasteiger partial charge on any atom is -0.468 e. The number of rotatable bonds is 10. The van der Waals surface area contributed by atoms with E-state index in [1.807, 2.05) is 0 Å². The van der Waals surface area contributed by atoms with E-state index in [9.17, 15) is 28.4 Å². The van der Waals surface area contributed by atoms with E-state index in [-0.39, 0.29) is 12.0 Å². The molecule has 0 aliphatic rings. The molecule has 0 spiro atoms. The smallest absolute Gasteiger partial charge is 0.320 e. The topological polar surface area (TPSA) is 154 Å².